The minimum absolute atomic E-state index is 0.170. The van der Waals surface area contributed by atoms with Gasteiger partial charge in [-0.2, -0.15) is 0 Å². The smallest absolute Gasteiger partial charge is 0.251 e. The van der Waals surface area contributed by atoms with Crippen LogP contribution in [0.4, 0.5) is 4.39 Å². The molecule has 1 aliphatic heterocycles. The molecule has 1 fully saturated rings. The number of hydrogen-bond acceptors (Lipinski definition) is 3. The van der Waals surface area contributed by atoms with Crippen molar-refractivity contribution < 1.29 is 4.39 Å². The van der Waals surface area contributed by atoms with Crippen molar-refractivity contribution in [3.05, 3.63) is 52.2 Å². The number of hydrogen-bond donors (Lipinski definition) is 1. The molecule has 1 aromatic heterocycles. The van der Waals surface area contributed by atoms with Gasteiger partial charge in [-0.3, -0.25) is 9.69 Å². The summed E-state index contributed by atoms with van der Waals surface area (Å²) < 4.78 is 13.0. The zero-order valence-electron chi connectivity index (χ0n) is 11.8. The van der Waals surface area contributed by atoms with Crippen LogP contribution < -0.4 is 5.56 Å². The van der Waals surface area contributed by atoms with Crippen LogP contribution in [0, 0.1) is 5.82 Å². The molecule has 2 heterocycles. The van der Waals surface area contributed by atoms with E-state index in [1.54, 1.807) is 18.2 Å². The Morgan fingerprint density at radius 2 is 1.86 bits per heavy atom. The molecule has 21 heavy (non-hydrogen) atoms. The first-order valence-electron chi connectivity index (χ1n) is 7.29. The maximum atomic E-state index is 13.0. The minimum Gasteiger partial charge on any atom is -0.307 e. The van der Waals surface area contributed by atoms with Gasteiger partial charge in [-0.25, -0.2) is 9.37 Å². The predicted molar refractivity (Wildman–Crippen MR) is 79.4 cm³/mol. The number of nitrogens with zero attached hydrogens (tertiary/aromatic N) is 2. The van der Waals surface area contributed by atoms with Crippen molar-refractivity contribution in [3.63, 3.8) is 0 Å². The van der Waals surface area contributed by atoms with E-state index in [2.05, 4.69) is 14.9 Å². The summed E-state index contributed by atoms with van der Waals surface area (Å²) in [6.45, 7) is 2.80. The van der Waals surface area contributed by atoms with Crippen LogP contribution in [-0.4, -0.2) is 28.0 Å². The van der Waals surface area contributed by atoms with E-state index < -0.39 is 0 Å². The van der Waals surface area contributed by atoms with E-state index in [1.165, 1.54) is 31.4 Å². The summed E-state index contributed by atoms with van der Waals surface area (Å²) in [5.41, 5.74) is 1.31. The molecule has 0 radical (unpaired) electrons. The molecule has 1 N–H and O–H groups in total. The third kappa shape index (κ3) is 3.55. The van der Waals surface area contributed by atoms with Crippen LogP contribution in [0.15, 0.2) is 35.1 Å². The van der Waals surface area contributed by atoms with Crippen molar-refractivity contribution in [2.24, 2.45) is 0 Å². The third-order valence-corrected chi connectivity index (χ3v) is 3.75. The molecule has 1 aliphatic rings. The second-order valence-electron chi connectivity index (χ2n) is 5.43. The van der Waals surface area contributed by atoms with Crippen LogP contribution in [0.2, 0.25) is 0 Å². The van der Waals surface area contributed by atoms with Crippen molar-refractivity contribution in [3.8, 4) is 11.4 Å². The highest BCUT2D eigenvalue weighted by Gasteiger charge is 2.12. The molecule has 0 amide bonds. The first-order chi connectivity index (χ1) is 10.2. The van der Waals surface area contributed by atoms with E-state index >= 15 is 0 Å². The Hall–Kier alpha value is -2.01. The molecule has 2 aromatic rings. The van der Waals surface area contributed by atoms with Gasteiger partial charge in [0.25, 0.3) is 5.56 Å². The normalized spacial score (nSPS) is 16.0. The van der Waals surface area contributed by atoms with E-state index in [1.807, 2.05) is 0 Å². The molecule has 0 unspecified atom stereocenters. The minimum atomic E-state index is -0.300. The molecule has 5 heteroatoms. The molecule has 0 spiro atoms. The van der Waals surface area contributed by atoms with Gasteiger partial charge in [-0.1, -0.05) is 6.42 Å². The Morgan fingerprint density at radius 1 is 1.14 bits per heavy atom. The van der Waals surface area contributed by atoms with Crippen molar-refractivity contribution in [1.29, 1.82) is 0 Å². The summed E-state index contributed by atoms with van der Waals surface area (Å²) in [7, 11) is 0. The van der Waals surface area contributed by atoms with Gasteiger partial charge in [0, 0.05) is 18.2 Å². The van der Waals surface area contributed by atoms with Crippen molar-refractivity contribution in [2.45, 2.75) is 25.8 Å². The quantitative estimate of drug-likeness (QED) is 0.944. The van der Waals surface area contributed by atoms with Gasteiger partial charge in [0.2, 0.25) is 0 Å². The zero-order valence-corrected chi connectivity index (χ0v) is 11.8. The lowest BCUT2D eigenvalue weighted by Crippen LogP contribution is -2.30. The largest absolute Gasteiger partial charge is 0.307 e. The van der Waals surface area contributed by atoms with Gasteiger partial charge in [-0.05, 0) is 50.2 Å². The van der Waals surface area contributed by atoms with Crippen molar-refractivity contribution in [2.75, 3.05) is 13.1 Å². The summed E-state index contributed by atoms with van der Waals surface area (Å²) >= 11 is 0. The Bertz CT molecular complexity index is 660. The van der Waals surface area contributed by atoms with Gasteiger partial charge >= 0.3 is 0 Å². The summed E-state index contributed by atoms with van der Waals surface area (Å²) in [5.74, 6) is 0.195. The maximum absolute atomic E-state index is 13.0. The maximum Gasteiger partial charge on any atom is 0.251 e. The van der Waals surface area contributed by atoms with E-state index in [9.17, 15) is 9.18 Å². The van der Waals surface area contributed by atoms with Crippen LogP contribution in [0.1, 0.15) is 25.0 Å². The molecular formula is C16H18FN3O. The fraction of sp³-hybridized carbons (Fsp3) is 0.375. The number of aromatic amines is 1. The number of rotatable bonds is 3. The Labute approximate surface area is 122 Å². The van der Waals surface area contributed by atoms with Gasteiger partial charge in [0.1, 0.15) is 11.6 Å². The monoisotopic (exact) mass is 287 g/mol. The molecular weight excluding hydrogens is 269 g/mol. The lowest BCUT2D eigenvalue weighted by atomic mass is 10.1. The van der Waals surface area contributed by atoms with Crippen molar-refractivity contribution in [1.82, 2.24) is 14.9 Å². The number of halogens is 1. The molecule has 1 saturated heterocycles. The molecule has 110 valence electrons. The number of piperidine rings is 1. The highest BCUT2D eigenvalue weighted by molar-refractivity contribution is 5.54. The molecule has 3 rings (SSSR count). The van der Waals surface area contributed by atoms with Gasteiger partial charge < -0.3 is 4.98 Å². The van der Waals surface area contributed by atoms with Crippen LogP contribution >= 0.6 is 0 Å². The molecule has 0 aliphatic carbocycles. The van der Waals surface area contributed by atoms with Crippen LogP contribution in [-0.2, 0) is 6.54 Å². The van der Waals surface area contributed by atoms with Crippen LogP contribution in [0.5, 0.6) is 0 Å². The van der Waals surface area contributed by atoms with Gasteiger partial charge in [0.05, 0.1) is 5.69 Å². The first-order valence-corrected chi connectivity index (χ1v) is 7.29. The Morgan fingerprint density at radius 3 is 2.57 bits per heavy atom. The number of aromatic nitrogens is 2. The standard InChI is InChI=1S/C16H18FN3O/c17-13-6-4-12(5-7-13)16-18-14(10-15(21)19-16)11-20-8-2-1-3-9-20/h4-7,10H,1-3,8-9,11H2,(H,18,19,21). The zero-order chi connectivity index (χ0) is 14.7. The second-order valence-corrected chi connectivity index (χ2v) is 5.43. The topological polar surface area (TPSA) is 49.0 Å². The highest BCUT2D eigenvalue weighted by atomic mass is 19.1. The van der Waals surface area contributed by atoms with E-state index in [0.29, 0.717) is 17.9 Å². The average Bonchev–Trinajstić information content (AvgIpc) is 2.48. The number of likely N-dealkylation sites (tertiary alicyclic amines) is 1. The lowest BCUT2D eigenvalue weighted by molar-refractivity contribution is 0.218. The molecule has 0 bridgehead atoms. The first kappa shape index (κ1) is 13.9. The summed E-state index contributed by atoms with van der Waals surface area (Å²) in [6, 6.07) is 7.53. The Kier molecular flexibility index (Phi) is 4.10. The third-order valence-electron chi connectivity index (χ3n) is 3.75. The van der Waals surface area contributed by atoms with Gasteiger partial charge in [-0.15, -0.1) is 0 Å². The second kappa shape index (κ2) is 6.18. The van der Waals surface area contributed by atoms with E-state index in [4.69, 9.17) is 0 Å². The molecule has 4 nitrogen and oxygen atoms in total. The molecule has 0 atom stereocenters. The summed E-state index contributed by atoms with van der Waals surface area (Å²) in [4.78, 5) is 21.3. The fourth-order valence-corrected chi connectivity index (χ4v) is 2.68. The number of benzene rings is 1. The van der Waals surface area contributed by atoms with Crippen molar-refractivity contribution >= 4 is 0 Å². The van der Waals surface area contributed by atoms with Gasteiger partial charge in [0.15, 0.2) is 0 Å². The van der Waals surface area contributed by atoms with Crippen LogP contribution in [0.3, 0.4) is 0 Å². The number of H-pyrrole nitrogens is 1. The highest BCUT2D eigenvalue weighted by Crippen LogP contribution is 2.16. The van der Waals surface area contributed by atoms with E-state index in [0.717, 1.165) is 18.8 Å². The summed E-state index contributed by atoms with van der Waals surface area (Å²) in [5, 5.41) is 0. The lowest BCUT2D eigenvalue weighted by Gasteiger charge is -2.25. The fourth-order valence-electron chi connectivity index (χ4n) is 2.68. The van der Waals surface area contributed by atoms with E-state index in [-0.39, 0.29) is 11.4 Å². The summed E-state index contributed by atoms with van der Waals surface area (Å²) in [6.07, 6.45) is 3.68. The molecule has 1 aromatic carbocycles. The Balaban J connectivity index is 1.85. The number of nitrogens with one attached hydrogen (secondary N) is 1. The predicted octanol–water partition coefficient (Wildman–Crippen LogP) is 2.56. The average molecular weight is 287 g/mol. The van der Waals surface area contributed by atoms with Crippen LogP contribution in [0.25, 0.3) is 11.4 Å². The SMILES string of the molecule is O=c1cc(CN2CCCCC2)nc(-c2ccc(F)cc2)[nH]1. The molecule has 0 saturated carbocycles.